The second kappa shape index (κ2) is 7.65. The van der Waals surface area contributed by atoms with E-state index in [4.69, 9.17) is 0 Å². The average Bonchev–Trinajstić information content (AvgIpc) is 3.06. The maximum absolute atomic E-state index is 4.11. The Bertz CT molecular complexity index is 564. The largest absolute Gasteiger partial charge is 0.371 e. The molecule has 0 bridgehead atoms. The van der Waals surface area contributed by atoms with Crippen molar-refractivity contribution in [1.29, 1.82) is 0 Å². The smallest absolute Gasteiger partial charge is 0.183 e. The van der Waals surface area contributed by atoms with Gasteiger partial charge in [-0.2, -0.15) is 5.10 Å². The number of nitrogens with one attached hydrogen (secondary N) is 2. The van der Waals surface area contributed by atoms with Gasteiger partial charge in [0.1, 0.15) is 6.33 Å². The number of thioether (sulfide) groups is 1. The van der Waals surface area contributed by atoms with Crippen LogP contribution in [0.3, 0.4) is 0 Å². The van der Waals surface area contributed by atoms with Crippen LogP contribution in [0.25, 0.3) is 0 Å². The van der Waals surface area contributed by atoms with Crippen molar-refractivity contribution in [2.24, 2.45) is 0 Å². The summed E-state index contributed by atoms with van der Waals surface area (Å²) in [7, 11) is 0. The number of benzene rings is 1. The van der Waals surface area contributed by atoms with Gasteiger partial charge in [-0.25, -0.2) is 4.98 Å². The van der Waals surface area contributed by atoms with Crippen LogP contribution in [0.2, 0.25) is 0 Å². The van der Waals surface area contributed by atoms with E-state index in [0.29, 0.717) is 6.04 Å². The van der Waals surface area contributed by atoms with Crippen molar-refractivity contribution in [1.82, 2.24) is 20.5 Å². The highest BCUT2D eigenvalue weighted by Gasteiger charge is 2.18. The fourth-order valence-corrected chi connectivity index (χ4v) is 3.49. The van der Waals surface area contributed by atoms with Gasteiger partial charge in [0.25, 0.3) is 0 Å². The summed E-state index contributed by atoms with van der Waals surface area (Å²) in [6.45, 7) is 5.44. The lowest BCUT2D eigenvalue weighted by atomic mass is 10.0. The monoisotopic (exact) mass is 317 g/mol. The van der Waals surface area contributed by atoms with Gasteiger partial charge in [0, 0.05) is 37.1 Å². The summed E-state index contributed by atoms with van der Waals surface area (Å²) in [6, 6.07) is 9.44. The second-order valence-corrected chi connectivity index (χ2v) is 6.78. The van der Waals surface area contributed by atoms with Crippen LogP contribution in [0.15, 0.2) is 35.7 Å². The molecule has 22 heavy (non-hydrogen) atoms. The molecule has 118 valence electrons. The number of hydrogen-bond donors (Lipinski definition) is 2. The summed E-state index contributed by atoms with van der Waals surface area (Å²) >= 11 is 1.71. The predicted octanol–water partition coefficient (Wildman–Crippen LogP) is 2.46. The third-order valence-electron chi connectivity index (χ3n) is 4.03. The molecule has 0 amide bonds. The van der Waals surface area contributed by atoms with Gasteiger partial charge in [-0.05, 0) is 37.5 Å². The Morgan fingerprint density at radius 2 is 2.23 bits per heavy atom. The molecule has 1 aromatic carbocycles. The predicted molar refractivity (Wildman–Crippen MR) is 91.5 cm³/mol. The highest BCUT2D eigenvalue weighted by Crippen LogP contribution is 2.21. The lowest BCUT2D eigenvalue weighted by molar-refractivity contribution is 0.425. The fraction of sp³-hybridized carbons (Fsp3) is 0.500. The number of aromatic nitrogens is 3. The van der Waals surface area contributed by atoms with Crippen molar-refractivity contribution in [3.8, 4) is 0 Å². The van der Waals surface area contributed by atoms with Gasteiger partial charge in [0.2, 0.25) is 0 Å². The van der Waals surface area contributed by atoms with Crippen molar-refractivity contribution in [3.05, 3.63) is 36.2 Å². The first-order valence-electron chi connectivity index (χ1n) is 7.84. The van der Waals surface area contributed by atoms with Crippen LogP contribution in [-0.2, 0) is 0 Å². The van der Waals surface area contributed by atoms with Crippen LogP contribution in [0.4, 0.5) is 5.69 Å². The first-order valence-corrected chi connectivity index (χ1v) is 8.83. The summed E-state index contributed by atoms with van der Waals surface area (Å²) in [6.07, 6.45) is 3.97. The van der Waals surface area contributed by atoms with Gasteiger partial charge in [0.05, 0.1) is 0 Å². The maximum Gasteiger partial charge on any atom is 0.183 e. The van der Waals surface area contributed by atoms with E-state index in [2.05, 4.69) is 56.6 Å². The second-order valence-electron chi connectivity index (χ2n) is 5.69. The van der Waals surface area contributed by atoms with E-state index in [9.17, 15) is 0 Å². The third-order valence-corrected chi connectivity index (χ3v) is 4.91. The van der Waals surface area contributed by atoms with E-state index in [0.717, 1.165) is 30.5 Å². The SMILES string of the molecule is Cc1cccc(N2CCC(NCCSc3ncn[nH]3)CC2)c1. The van der Waals surface area contributed by atoms with Gasteiger partial charge in [0.15, 0.2) is 5.16 Å². The van der Waals surface area contributed by atoms with Gasteiger partial charge < -0.3 is 10.2 Å². The van der Waals surface area contributed by atoms with E-state index in [1.54, 1.807) is 18.1 Å². The van der Waals surface area contributed by atoms with Gasteiger partial charge >= 0.3 is 0 Å². The summed E-state index contributed by atoms with van der Waals surface area (Å²) in [5, 5.41) is 11.3. The van der Waals surface area contributed by atoms with Gasteiger partial charge in [-0.15, -0.1) is 0 Å². The molecule has 6 heteroatoms. The van der Waals surface area contributed by atoms with Crippen molar-refractivity contribution in [2.45, 2.75) is 31.0 Å². The fourth-order valence-electron chi connectivity index (χ4n) is 2.84. The molecule has 1 aliphatic rings. The third kappa shape index (κ3) is 4.24. The normalized spacial score (nSPS) is 16.1. The van der Waals surface area contributed by atoms with E-state index in [-0.39, 0.29) is 0 Å². The Hall–Kier alpha value is -1.53. The summed E-state index contributed by atoms with van der Waals surface area (Å²) in [4.78, 5) is 6.61. The highest BCUT2D eigenvalue weighted by atomic mass is 32.2. The number of anilines is 1. The Balaban J connectivity index is 1.37. The summed E-state index contributed by atoms with van der Waals surface area (Å²) in [5.74, 6) is 1.02. The van der Waals surface area contributed by atoms with E-state index in [1.165, 1.54) is 24.1 Å². The number of rotatable bonds is 6. The molecule has 5 nitrogen and oxygen atoms in total. The first-order chi connectivity index (χ1) is 10.8. The Kier molecular flexibility index (Phi) is 5.34. The molecule has 0 unspecified atom stereocenters. The highest BCUT2D eigenvalue weighted by molar-refractivity contribution is 7.99. The zero-order valence-corrected chi connectivity index (χ0v) is 13.8. The van der Waals surface area contributed by atoms with Crippen molar-refractivity contribution in [3.63, 3.8) is 0 Å². The molecule has 1 fully saturated rings. The van der Waals surface area contributed by atoms with E-state index in [1.807, 2.05) is 0 Å². The minimum atomic E-state index is 0.636. The topological polar surface area (TPSA) is 56.8 Å². The zero-order valence-electron chi connectivity index (χ0n) is 13.0. The quantitative estimate of drug-likeness (QED) is 0.633. The molecule has 0 spiro atoms. The minimum absolute atomic E-state index is 0.636. The summed E-state index contributed by atoms with van der Waals surface area (Å²) < 4.78 is 0. The van der Waals surface area contributed by atoms with Gasteiger partial charge in [-0.3, -0.25) is 5.10 Å². The molecule has 2 heterocycles. The summed E-state index contributed by atoms with van der Waals surface area (Å²) in [5.41, 5.74) is 2.70. The van der Waals surface area contributed by atoms with Crippen LogP contribution in [0.1, 0.15) is 18.4 Å². The van der Waals surface area contributed by atoms with Crippen LogP contribution >= 0.6 is 11.8 Å². The molecule has 1 aromatic heterocycles. The standard InChI is InChI=1S/C16H23N5S/c1-13-3-2-4-15(11-13)21-8-5-14(6-9-21)17-7-10-22-16-18-12-19-20-16/h2-4,11-12,14,17H,5-10H2,1H3,(H,18,19,20). The lowest BCUT2D eigenvalue weighted by Crippen LogP contribution is -2.43. The van der Waals surface area contributed by atoms with E-state index < -0.39 is 0 Å². The molecular weight excluding hydrogens is 294 g/mol. The Labute approximate surface area is 135 Å². The number of aromatic amines is 1. The Morgan fingerprint density at radius 3 is 2.95 bits per heavy atom. The molecule has 1 aliphatic heterocycles. The number of aryl methyl sites for hydroxylation is 1. The van der Waals surface area contributed by atoms with Gasteiger partial charge in [-0.1, -0.05) is 23.9 Å². The Morgan fingerprint density at radius 1 is 1.36 bits per heavy atom. The number of H-pyrrole nitrogens is 1. The number of piperidine rings is 1. The molecule has 0 saturated carbocycles. The molecule has 0 aliphatic carbocycles. The van der Waals surface area contributed by atoms with Crippen LogP contribution in [-0.4, -0.2) is 46.6 Å². The molecule has 2 N–H and O–H groups in total. The van der Waals surface area contributed by atoms with Crippen LogP contribution in [0, 0.1) is 6.92 Å². The zero-order chi connectivity index (χ0) is 15.2. The van der Waals surface area contributed by atoms with Crippen molar-refractivity contribution < 1.29 is 0 Å². The molecule has 1 saturated heterocycles. The van der Waals surface area contributed by atoms with E-state index >= 15 is 0 Å². The average molecular weight is 317 g/mol. The molecule has 3 rings (SSSR count). The van der Waals surface area contributed by atoms with Crippen LogP contribution in [0.5, 0.6) is 0 Å². The molecular formula is C16H23N5S. The lowest BCUT2D eigenvalue weighted by Gasteiger charge is -2.34. The molecule has 0 atom stereocenters. The molecule has 2 aromatic rings. The maximum atomic E-state index is 4.11. The van der Waals surface area contributed by atoms with Crippen molar-refractivity contribution in [2.75, 3.05) is 30.3 Å². The van der Waals surface area contributed by atoms with Crippen molar-refractivity contribution >= 4 is 17.4 Å². The molecule has 0 radical (unpaired) electrons. The van der Waals surface area contributed by atoms with Crippen LogP contribution < -0.4 is 10.2 Å². The first kappa shape index (κ1) is 15.4. The minimum Gasteiger partial charge on any atom is -0.371 e. The number of nitrogens with zero attached hydrogens (tertiary/aromatic N) is 3. The number of hydrogen-bond acceptors (Lipinski definition) is 5.